The van der Waals surface area contributed by atoms with Crippen LogP contribution in [0.25, 0.3) is 0 Å². The molecule has 0 aliphatic heterocycles. The van der Waals surface area contributed by atoms with Gasteiger partial charge in [-0.15, -0.1) is 10.2 Å². The molecule has 1 fully saturated rings. The molecule has 2 rings (SSSR count). The maximum atomic E-state index is 11.4. The first-order chi connectivity index (χ1) is 6.25. The number of carbonyl (C=O) groups is 1. The van der Waals surface area contributed by atoms with Gasteiger partial charge in [-0.1, -0.05) is 11.3 Å². The van der Waals surface area contributed by atoms with Crippen molar-refractivity contribution in [1.29, 1.82) is 0 Å². The van der Waals surface area contributed by atoms with Gasteiger partial charge in [0.1, 0.15) is 0 Å². The first kappa shape index (κ1) is 8.90. The summed E-state index contributed by atoms with van der Waals surface area (Å²) in [5.74, 6) is -0.158. The van der Waals surface area contributed by atoms with Gasteiger partial charge in [-0.3, -0.25) is 4.79 Å². The molecule has 0 atom stereocenters. The molecular formula is C7H8ClN3OS. The van der Waals surface area contributed by atoms with Crippen molar-refractivity contribution in [3.63, 3.8) is 0 Å². The van der Waals surface area contributed by atoms with Crippen LogP contribution < -0.4 is 5.32 Å². The number of amides is 1. The molecule has 4 nitrogen and oxygen atoms in total. The monoisotopic (exact) mass is 217 g/mol. The largest absolute Gasteiger partial charge is 0.347 e. The minimum absolute atomic E-state index is 0.158. The Labute approximate surface area is 84.3 Å². The highest BCUT2D eigenvalue weighted by molar-refractivity contribution is 7.17. The summed E-state index contributed by atoms with van der Waals surface area (Å²) in [5, 5.41) is 10.4. The van der Waals surface area contributed by atoms with Crippen molar-refractivity contribution in [2.24, 2.45) is 0 Å². The van der Waals surface area contributed by atoms with Crippen LogP contribution >= 0.6 is 22.9 Å². The van der Waals surface area contributed by atoms with Crippen molar-refractivity contribution in [2.75, 3.05) is 0 Å². The van der Waals surface area contributed by atoms with Gasteiger partial charge in [-0.2, -0.15) is 0 Å². The summed E-state index contributed by atoms with van der Waals surface area (Å²) in [5.41, 5.74) is 0. The van der Waals surface area contributed by atoms with Crippen molar-refractivity contribution in [3.05, 3.63) is 9.47 Å². The number of rotatable bonds is 2. The van der Waals surface area contributed by atoms with Gasteiger partial charge in [-0.25, -0.2) is 0 Å². The standard InChI is InChI=1S/C7H8ClN3OS/c8-7-11-10-6(13-7)5(12)9-4-2-1-3-4/h4H,1-3H2,(H,9,12). The molecule has 6 heteroatoms. The Kier molecular flexibility index (Phi) is 2.46. The fourth-order valence-corrected chi connectivity index (χ4v) is 1.83. The average molecular weight is 218 g/mol. The topological polar surface area (TPSA) is 54.9 Å². The maximum absolute atomic E-state index is 11.4. The smallest absolute Gasteiger partial charge is 0.282 e. The van der Waals surface area contributed by atoms with Gasteiger partial charge < -0.3 is 5.32 Å². The zero-order valence-electron chi connectivity index (χ0n) is 6.79. The molecule has 1 saturated carbocycles. The summed E-state index contributed by atoms with van der Waals surface area (Å²) in [6, 6.07) is 0.329. The average Bonchev–Trinajstić information content (AvgIpc) is 2.44. The summed E-state index contributed by atoms with van der Waals surface area (Å²) < 4.78 is 0.304. The van der Waals surface area contributed by atoms with Gasteiger partial charge in [0.05, 0.1) is 0 Å². The Morgan fingerprint density at radius 3 is 2.77 bits per heavy atom. The van der Waals surface area contributed by atoms with E-state index in [9.17, 15) is 4.79 Å². The highest BCUT2D eigenvalue weighted by Crippen LogP contribution is 2.20. The van der Waals surface area contributed by atoms with Crippen molar-refractivity contribution >= 4 is 28.8 Å². The predicted octanol–water partition coefficient (Wildman–Crippen LogP) is 1.47. The Morgan fingerprint density at radius 2 is 2.31 bits per heavy atom. The van der Waals surface area contributed by atoms with Gasteiger partial charge in [0.2, 0.25) is 9.47 Å². The van der Waals surface area contributed by atoms with E-state index < -0.39 is 0 Å². The molecule has 70 valence electrons. The SMILES string of the molecule is O=C(NC1CCC1)c1nnc(Cl)s1. The number of halogens is 1. The van der Waals surface area contributed by atoms with E-state index in [4.69, 9.17) is 11.6 Å². The summed E-state index contributed by atoms with van der Waals surface area (Å²) in [4.78, 5) is 11.4. The third kappa shape index (κ3) is 1.97. The molecule has 1 N–H and O–H groups in total. The Morgan fingerprint density at radius 1 is 1.54 bits per heavy atom. The van der Waals surface area contributed by atoms with Gasteiger partial charge in [0.25, 0.3) is 5.91 Å². The number of hydrogen-bond acceptors (Lipinski definition) is 4. The van der Waals surface area contributed by atoms with Gasteiger partial charge in [0.15, 0.2) is 0 Å². The third-order valence-corrected chi connectivity index (χ3v) is 3.05. The van der Waals surface area contributed by atoms with E-state index in [0.717, 1.165) is 24.2 Å². The Balaban J connectivity index is 1.96. The fraction of sp³-hybridized carbons (Fsp3) is 0.571. The number of aromatic nitrogens is 2. The number of carbonyl (C=O) groups excluding carboxylic acids is 1. The van der Waals surface area contributed by atoms with Crippen LogP contribution in [0, 0.1) is 0 Å². The molecule has 1 aliphatic rings. The second kappa shape index (κ2) is 3.59. The van der Waals surface area contributed by atoms with E-state index in [0.29, 0.717) is 15.5 Å². The molecule has 1 amide bonds. The van der Waals surface area contributed by atoms with E-state index in [1.54, 1.807) is 0 Å². The Bertz CT molecular complexity index is 323. The van der Waals surface area contributed by atoms with Crippen LogP contribution in [0.4, 0.5) is 0 Å². The molecular weight excluding hydrogens is 210 g/mol. The predicted molar refractivity (Wildman–Crippen MR) is 50.0 cm³/mol. The molecule has 0 saturated heterocycles. The molecule has 0 radical (unpaired) electrons. The zero-order chi connectivity index (χ0) is 9.26. The lowest BCUT2D eigenvalue weighted by atomic mass is 9.93. The van der Waals surface area contributed by atoms with E-state index in [1.807, 2.05) is 0 Å². The lowest BCUT2D eigenvalue weighted by molar-refractivity contribution is 0.0916. The normalized spacial score (nSPS) is 16.7. The molecule has 0 aromatic carbocycles. The molecule has 1 aromatic rings. The second-order valence-electron chi connectivity index (χ2n) is 2.96. The first-order valence-corrected chi connectivity index (χ1v) is 5.25. The lowest BCUT2D eigenvalue weighted by Crippen LogP contribution is -2.39. The summed E-state index contributed by atoms with van der Waals surface area (Å²) >= 11 is 6.66. The molecule has 1 aromatic heterocycles. The highest BCUT2D eigenvalue weighted by Gasteiger charge is 2.21. The third-order valence-electron chi connectivity index (χ3n) is 2.03. The van der Waals surface area contributed by atoms with Crippen LogP contribution in [0.15, 0.2) is 0 Å². The van der Waals surface area contributed by atoms with Gasteiger partial charge in [0, 0.05) is 6.04 Å². The zero-order valence-corrected chi connectivity index (χ0v) is 8.36. The summed E-state index contributed by atoms with van der Waals surface area (Å²) in [6.07, 6.45) is 3.33. The van der Waals surface area contributed by atoms with Crippen molar-refractivity contribution in [1.82, 2.24) is 15.5 Å². The molecule has 0 unspecified atom stereocenters. The van der Waals surface area contributed by atoms with Crippen molar-refractivity contribution in [2.45, 2.75) is 25.3 Å². The fourth-order valence-electron chi connectivity index (χ4n) is 1.10. The van der Waals surface area contributed by atoms with Crippen LogP contribution in [0.5, 0.6) is 0 Å². The highest BCUT2D eigenvalue weighted by atomic mass is 35.5. The number of nitrogens with one attached hydrogen (secondary N) is 1. The van der Waals surface area contributed by atoms with Gasteiger partial charge in [-0.05, 0) is 30.9 Å². The minimum Gasteiger partial charge on any atom is -0.347 e. The maximum Gasteiger partial charge on any atom is 0.282 e. The minimum atomic E-state index is -0.158. The second-order valence-corrected chi connectivity index (χ2v) is 4.52. The quantitative estimate of drug-likeness (QED) is 0.817. The summed E-state index contributed by atoms with van der Waals surface area (Å²) in [6.45, 7) is 0. The van der Waals surface area contributed by atoms with Crippen LogP contribution in [0.1, 0.15) is 29.1 Å². The van der Waals surface area contributed by atoms with Gasteiger partial charge >= 0.3 is 0 Å². The van der Waals surface area contributed by atoms with Crippen molar-refractivity contribution in [3.8, 4) is 0 Å². The number of nitrogens with zero attached hydrogens (tertiary/aromatic N) is 2. The molecule has 1 aliphatic carbocycles. The van der Waals surface area contributed by atoms with Crippen LogP contribution in [0.3, 0.4) is 0 Å². The summed E-state index contributed by atoms with van der Waals surface area (Å²) in [7, 11) is 0. The van der Waals surface area contributed by atoms with E-state index in [-0.39, 0.29) is 5.91 Å². The van der Waals surface area contributed by atoms with Crippen LogP contribution in [-0.2, 0) is 0 Å². The Hall–Kier alpha value is -0.680. The van der Waals surface area contributed by atoms with Crippen LogP contribution in [-0.4, -0.2) is 22.1 Å². The molecule has 1 heterocycles. The van der Waals surface area contributed by atoms with Crippen molar-refractivity contribution < 1.29 is 4.79 Å². The van der Waals surface area contributed by atoms with Crippen LogP contribution in [0.2, 0.25) is 4.47 Å². The first-order valence-electron chi connectivity index (χ1n) is 4.05. The lowest BCUT2D eigenvalue weighted by Gasteiger charge is -2.25. The molecule has 0 spiro atoms. The van der Waals surface area contributed by atoms with E-state index in [2.05, 4.69) is 15.5 Å². The molecule has 13 heavy (non-hydrogen) atoms. The van der Waals surface area contributed by atoms with E-state index >= 15 is 0 Å². The van der Waals surface area contributed by atoms with E-state index in [1.165, 1.54) is 6.42 Å². The molecule has 0 bridgehead atoms. The number of hydrogen-bond donors (Lipinski definition) is 1.